The summed E-state index contributed by atoms with van der Waals surface area (Å²) in [6.07, 6.45) is 1.86. The van der Waals surface area contributed by atoms with Gasteiger partial charge in [-0.25, -0.2) is 4.98 Å². The SMILES string of the molecule is CCCN(CC(=O)O)C(=O)c1ocnc1C. The van der Waals surface area contributed by atoms with Crippen molar-refractivity contribution in [2.75, 3.05) is 13.1 Å². The zero-order valence-corrected chi connectivity index (χ0v) is 9.27. The topological polar surface area (TPSA) is 83.6 Å². The summed E-state index contributed by atoms with van der Waals surface area (Å²) < 4.78 is 4.94. The highest BCUT2D eigenvalue weighted by molar-refractivity contribution is 5.94. The highest BCUT2D eigenvalue weighted by Crippen LogP contribution is 2.09. The van der Waals surface area contributed by atoms with Gasteiger partial charge in [-0.05, 0) is 13.3 Å². The fraction of sp³-hybridized carbons (Fsp3) is 0.500. The third kappa shape index (κ3) is 2.82. The fourth-order valence-electron chi connectivity index (χ4n) is 1.34. The van der Waals surface area contributed by atoms with Crippen molar-refractivity contribution in [3.05, 3.63) is 17.8 Å². The standard InChI is InChI=1S/C10H14N2O4/c1-3-4-12(5-8(13)14)10(15)9-7(2)11-6-16-9/h6H,3-5H2,1-2H3,(H,13,14). The van der Waals surface area contributed by atoms with Crippen LogP contribution < -0.4 is 0 Å². The minimum Gasteiger partial charge on any atom is -0.480 e. The van der Waals surface area contributed by atoms with Crippen LogP contribution in [0.1, 0.15) is 29.6 Å². The molecular weight excluding hydrogens is 212 g/mol. The quantitative estimate of drug-likeness (QED) is 0.807. The largest absolute Gasteiger partial charge is 0.480 e. The number of rotatable bonds is 5. The van der Waals surface area contributed by atoms with Crippen molar-refractivity contribution in [2.45, 2.75) is 20.3 Å². The Balaban J connectivity index is 2.82. The van der Waals surface area contributed by atoms with E-state index in [1.807, 2.05) is 6.92 Å². The summed E-state index contributed by atoms with van der Waals surface area (Å²) >= 11 is 0. The van der Waals surface area contributed by atoms with Crippen molar-refractivity contribution in [2.24, 2.45) is 0 Å². The minimum absolute atomic E-state index is 0.106. The number of hydrogen-bond donors (Lipinski definition) is 1. The lowest BCUT2D eigenvalue weighted by Crippen LogP contribution is -2.36. The molecule has 0 fully saturated rings. The van der Waals surface area contributed by atoms with Crippen molar-refractivity contribution in [3.63, 3.8) is 0 Å². The third-order valence-corrected chi connectivity index (χ3v) is 2.05. The number of carbonyl (C=O) groups excluding carboxylic acids is 1. The van der Waals surface area contributed by atoms with Gasteiger partial charge in [0.05, 0.1) is 5.69 Å². The number of carboxylic acids is 1. The van der Waals surface area contributed by atoms with Crippen molar-refractivity contribution in [3.8, 4) is 0 Å². The summed E-state index contributed by atoms with van der Waals surface area (Å²) in [5.74, 6) is -1.37. The van der Waals surface area contributed by atoms with Gasteiger partial charge in [-0.3, -0.25) is 9.59 Å². The van der Waals surface area contributed by atoms with Crippen molar-refractivity contribution >= 4 is 11.9 Å². The van der Waals surface area contributed by atoms with Crippen molar-refractivity contribution in [1.29, 1.82) is 0 Å². The molecule has 1 amide bonds. The highest BCUT2D eigenvalue weighted by Gasteiger charge is 2.22. The lowest BCUT2D eigenvalue weighted by molar-refractivity contribution is -0.137. The van der Waals surface area contributed by atoms with Crippen LogP contribution in [0, 0.1) is 6.92 Å². The van der Waals surface area contributed by atoms with E-state index in [0.29, 0.717) is 18.7 Å². The van der Waals surface area contributed by atoms with Crippen LogP contribution in [0.25, 0.3) is 0 Å². The second kappa shape index (κ2) is 5.29. The van der Waals surface area contributed by atoms with E-state index in [-0.39, 0.29) is 12.3 Å². The van der Waals surface area contributed by atoms with E-state index in [1.165, 1.54) is 11.3 Å². The van der Waals surface area contributed by atoms with Gasteiger partial charge in [0.1, 0.15) is 6.54 Å². The molecule has 0 atom stereocenters. The molecule has 0 unspecified atom stereocenters. The molecule has 0 radical (unpaired) electrons. The third-order valence-electron chi connectivity index (χ3n) is 2.05. The second-order valence-electron chi connectivity index (χ2n) is 3.39. The zero-order chi connectivity index (χ0) is 12.1. The molecule has 1 aromatic heterocycles. The molecule has 0 bridgehead atoms. The Morgan fingerprint density at radius 1 is 1.56 bits per heavy atom. The molecule has 1 heterocycles. The molecule has 0 saturated heterocycles. The van der Waals surface area contributed by atoms with E-state index in [2.05, 4.69) is 4.98 Å². The van der Waals surface area contributed by atoms with E-state index < -0.39 is 11.9 Å². The molecule has 1 aromatic rings. The molecule has 16 heavy (non-hydrogen) atoms. The van der Waals surface area contributed by atoms with Crippen LogP contribution >= 0.6 is 0 Å². The van der Waals surface area contributed by atoms with Gasteiger partial charge in [0.25, 0.3) is 5.91 Å². The number of carboxylic acid groups (broad SMARTS) is 1. The maximum atomic E-state index is 11.9. The first kappa shape index (κ1) is 12.2. The molecule has 6 nitrogen and oxygen atoms in total. The average Bonchev–Trinajstić information content (AvgIpc) is 2.62. The number of amides is 1. The molecule has 0 aliphatic carbocycles. The Kier molecular flexibility index (Phi) is 4.04. The van der Waals surface area contributed by atoms with E-state index in [4.69, 9.17) is 9.52 Å². The average molecular weight is 226 g/mol. The van der Waals surface area contributed by atoms with Gasteiger partial charge in [-0.1, -0.05) is 6.92 Å². The van der Waals surface area contributed by atoms with Crippen LogP contribution in [0.2, 0.25) is 0 Å². The van der Waals surface area contributed by atoms with Gasteiger partial charge in [0.2, 0.25) is 5.76 Å². The Labute approximate surface area is 92.9 Å². The Bertz CT molecular complexity index is 386. The van der Waals surface area contributed by atoms with E-state index in [0.717, 1.165) is 0 Å². The summed E-state index contributed by atoms with van der Waals surface area (Å²) in [6, 6.07) is 0. The molecule has 0 aliphatic rings. The predicted octanol–water partition coefficient (Wildman–Crippen LogP) is 0.920. The van der Waals surface area contributed by atoms with E-state index in [9.17, 15) is 9.59 Å². The van der Waals surface area contributed by atoms with Crippen LogP contribution in [-0.2, 0) is 4.79 Å². The highest BCUT2D eigenvalue weighted by atomic mass is 16.4. The van der Waals surface area contributed by atoms with Crippen molar-refractivity contribution in [1.82, 2.24) is 9.88 Å². The van der Waals surface area contributed by atoms with Crippen LogP contribution in [0.4, 0.5) is 0 Å². The normalized spacial score (nSPS) is 10.1. The zero-order valence-electron chi connectivity index (χ0n) is 9.27. The molecule has 88 valence electrons. The molecule has 6 heteroatoms. The summed E-state index contributed by atoms with van der Waals surface area (Å²) in [4.78, 5) is 27.5. The Morgan fingerprint density at radius 2 is 2.25 bits per heavy atom. The number of carbonyl (C=O) groups is 2. The first-order valence-electron chi connectivity index (χ1n) is 4.97. The summed E-state index contributed by atoms with van der Waals surface area (Å²) in [5.41, 5.74) is 0.469. The van der Waals surface area contributed by atoms with Crippen LogP contribution in [-0.4, -0.2) is 40.0 Å². The van der Waals surface area contributed by atoms with Gasteiger partial charge in [0.15, 0.2) is 6.39 Å². The van der Waals surface area contributed by atoms with E-state index in [1.54, 1.807) is 6.92 Å². The van der Waals surface area contributed by atoms with Gasteiger partial charge in [0, 0.05) is 6.54 Å². The van der Waals surface area contributed by atoms with Gasteiger partial charge >= 0.3 is 5.97 Å². The Hall–Kier alpha value is -1.85. The molecule has 0 saturated carbocycles. The van der Waals surface area contributed by atoms with Crippen molar-refractivity contribution < 1.29 is 19.1 Å². The predicted molar refractivity (Wildman–Crippen MR) is 55.1 cm³/mol. The lowest BCUT2D eigenvalue weighted by atomic mass is 10.3. The maximum absolute atomic E-state index is 11.9. The summed E-state index contributed by atoms with van der Waals surface area (Å²) in [5, 5.41) is 8.69. The second-order valence-corrected chi connectivity index (χ2v) is 3.39. The summed E-state index contributed by atoms with van der Waals surface area (Å²) in [7, 11) is 0. The van der Waals surface area contributed by atoms with Gasteiger partial charge in [-0.15, -0.1) is 0 Å². The molecule has 0 aliphatic heterocycles. The van der Waals surface area contributed by atoms with Crippen LogP contribution in [0.3, 0.4) is 0 Å². The van der Waals surface area contributed by atoms with Gasteiger partial charge < -0.3 is 14.4 Å². The smallest absolute Gasteiger partial charge is 0.323 e. The molecule has 1 N–H and O–H groups in total. The number of aromatic nitrogens is 1. The number of aliphatic carboxylic acids is 1. The first-order chi connectivity index (χ1) is 7.56. The first-order valence-corrected chi connectivity index (χ1v) is 4.97. The number of oxazole rings is 1. The Morgan fingerprint density at radius 3 is 2.69 bits per heavy atom. The van der Waals surface area contributed by atoms with Gasteiger partial charge in [-0.2, -0.15) is 0 Å². The maximum Gasteiger partial charge on any atom is 0.323 e. The molecule has 1 rings (SSSR count). The summed E-state index contributed by atoms with van der Waals surface area (Å²) in [6.45, 7) is 3.56. The number of hydrogen-bond acceptors (Lipinski definition) is 4. The molecular formula is C10H14N2O4. The number of aryl methyl sites for hydroxylation is 1. The fourth-order valence-corrected chi connectivity index (χ4v) is 1.34. The molecule has 0 spiro atoms. The lowest BCUT2D eigenvalue weighted by Gasteiger charge is -2.18. The minimum atomic E-state index is -1.04. The van der Waals surface area contributed by atoms with Crippen LogP contribution in [0.5, 0.6) is 0 Å². The molecule has 0 aromatic carbocycles. The number of nitrogens with zero attached hydrogens (tertiary/aromatic N) is 2. The van der Waals surface area contributed by atoms with E-state index >= 15 is 0 Å². The van der Waals surface area contributed by atoms with Crippen LogP contribution in [0.15, 0.2) is 10.8 Å². The monoisotopic (exact) mass is 226 g/mol.